The Kier molecular flexibility index (Phi) is 12.3. The molecule has 2 aromatic carbocycles. The maximum Gasteiger partial charge on any atom is 0.200 e. The molecule has 2 aliphatic rings. The maximum atomic E-state index is 7.45. The van der Waals surface area contributed by atoms with Gasteiger partial charge in [0.15, 0.2) is 5.79 Å². The Hall–Kier alpha value is -1.80. The van der Waals surface area contributed by atoms with Crippen molar-refractivity contribution in [2.24, 2.45) is 5.92 Å². The second-order valence-electron chi connectivity index (χ2n) is 13.8. The molecule has 5 nitrogen and oxygen atoms in total. The molecule has 0 N–H and O–H groups in total. The van der Waals surface area contributed by atoms with Gasteiger partial charge in [-0.2, -0.15) is 0 Å². The van der Waals surface area contributed by atoms with E-state index in [1.165, 1.54) is 11.1 Å². The van der Waals surface area contributed by atoms with Crippen LogP contribution in [0.15, 0.2) is 73.3 Å². The second kappa shape index (κ2) is 15.5. The van der Waals surface area contributed by atoms with E-state index < -0.39 is 14.1 Å². The Bertz CT molecular complexity index is 1080. The van der Waals surface area contributed by atoms with Gasteiger partial charge in [0.2, 0.25) is 8.32 Å². The Morgan fingerprint density at radius 3 is 1.91 bits per heavy atom. The van der Waals surface area contributed by atoms with Crippen LogP contribution >= 0.6 is 0 Å². The van der Waals surface area contributed by atoms with Gasteiger partial charge < -0.3 is 23.4 Å². The van der Waals surface area contributed by atoms with Gasteiger partial charge in [-0.25, -0.2) is 0 Å². The highest BCUT2D eigenvalue weighted by molar-refractivity contribution is 6.77. The van der Waals surface area contributed by atoms with Crippen LogP contribution in [0, 0.1) is 5.92 Å². The molecule has 2 aromatic rings. The quantitative estimate of drug-likeness (QED) is 0.158. The number of hydrogen-bond acceptors (Lipinski definition) is 5. The van der Waals surface area contributed by atoms with Gasteiger partial charge in [-0.15, -0.1) is 6.58 Å². The standard InChI is InChI=1S/C37H56O5Si/c1-9-33-20-34(39-26-32-18-14-11-15-19-32)22-37(40-33)23-35(42-43(27(2)3,28(4)5)29(6)7)21-36(41-37)30(8)24-38-25-31-16-12-10-13-17-31/h9-19,27-30,33-36H,1,20-26H2,2-8H3/t30-,33-,34-,35+,36+,37+/m0/s1. The largest absolute Gasteiger partial charge is 0.413 e. The molecule has 0 saturated carbocycles. The minimum Gasteiger partial charge on any atom is -0.413 e. The van der Waals surface area contributed by atoms with Crippen LogP contribution in [0.2, 0.25) is 16.6 Å². The zero-order valence-corrected chi connectivity index (χ0v) is 28.7. The van der Waals surface area contributed by atoms with Crippen molar-refractivity contribution in [3.8, 4) is 0 Å². The topological polar surface area (TPSA) is 46.2 Å². The average molecular weight is 609 g/mol. The van der Waals surface area contributed by atoms with Gasteiger partial charge in [0, 0.05) is 25.2 Å². The molecule has 0 aliphatic carbocycles. The van der Waals surface area contributed by atoms with Crippen molar-refractivity contribution in [1.82, 2.24) is 0 Å². The Morgan fingerprint density at radius 2 is 1.35 bits per heavy atom. The van der Waals surface area contributed by atoms with E-state index in [9.17, 15) is 0 Å². The first-order valence-electron chi connectivity index (χ1n) is 16.5. The molecule has 6 atom stereocenters. The van der Waals surface area contributed by atoms with E-state index >= 15 is 0 Å². The SMILES string of the molecule is C=C[C@H]1C[C@H](OCc2ccccc2)C[C@@]2(C[C@H](O[Si](C(C)C)(C(C)C)C(C)C)C[C@H]([C@@H](C)COCc3ccccc3)O2)O1. The molecular formula is C37H56O5Si. The lowest BCUT2D eigenvalue weighted by Crippen LogP contribution is -2.59. The molecule has 238 valence electrons. The zero-order valence-electron chi connectivity index (χ0n) is 27.7. The van der Waals surface area contributed by atoms with Crippen LogP contribution in [0.1, 0.15) is 85.3 Å². The summed E-state index contributed by atoms with van der Waals surface area (Å²) in [6.07, 6.45) is 4.77. The lowest BCUT2D eigenvalue weighted by molar-refractivity contribution is -0.340. The van der Waals surface area contributed by atoms with Gasteiger partial charge in [0.1, 0.15) is 0 Å². The Balaban J connectivity index is 1.56. The van der Waals surface area contributed by atoms with Crippen LogP contribution in [0.4, 0.5) is 0 Å². The Morgan fingerprint density at radius 1 is 0.791 bits per heavy atom. The van der Waals surface area contributed by atoms with Gasteiger partial charge in [-0.3, -0.25) is 0 Å². The molecule has 0 radical (unpaired) electrons. The van der Waals surface area contributed by atoms with E-state index in [4.69, 9.17) is 23.4 Å². The molecule has 2 heterocycles. The summed E-state index contributed by atoms with van der Waals surface area (Å²) in [6, 6.07) is 20.7. The van der Waals surface area contributed by atoms with E-state index in [2.05, 4.69) is 104 Å². The van der Waals surface area contributed by atoms with E-state index in [-0.39, 0.29) is 30.3 Å². The monoisotopic (exact) mass is 608 g/mol. The summed E-state index contributed by atoms with van der Waals surface area (Å²) in [5.74, 6) is -0.609. The summed E-state index contributed by atoms with van der Waals surface area (Å²) in [7, 11) is -2.12. The number of rotatable bonds is 14. The molecule has 0 unspecified atom stereocenters. The van der Waals surface area contributed by atoms with Crippen LogP contribution in [-0.4, -0.2) is 45.1 Å². The van der Waals surface area contributed by atoms with Crippen LogP contribution in [0.25, 0.3) is 0 Å². The first kappa shape index (κ1) is 34.1. The first-order chi connectivity index (χ1) is 20.6. The van der Waals surface area contributed by atoms with Gasteiger partial charge >= 0.3 is 0 Å². The third kappa shape index (κ3) is 8.68. The van der Waals surface area contributed by atoms with E-state index in [1.807, 2.05) is 18.2 Å². The van der Waals surface area contributed by atoms with Crippen molar-refractivity contribution in [2.75, 3.05) is 6.61 Å². The van der Waals surface area contributed by atoms with Crippen molar-refractivity contribution < 1.29 is 23.4 Å². The molecule has 0 amide bonds. The molecule has 2 aliphatic heterocycles. The molecule has 0 aromatic heterocycles. The third-order valence-electron chi connectivity index (χ3n) is 9.60. The number of hydrogen-bond donors (Lipinski definition) is 0. The first-order valence-corrected chi connectivity index (χ1v) is 18.6. The summed E-state index contributed by atoms with van der Waals surface area (Å²) in [6.45, 7) is 22.3. The normalized spacial score (nSPS) is 27.2. The molecule has 4 rings (SSSR count). The zero-order chi connectivity index (χ0) is 31.0. The Labute approximate surface area is 262 Å². The molecule has 43 heavy (non-hydrogen) atoms. The number of benzene rings is 2. The van der Waals surface area contributed by atoms with Crippen molar-refractivity contribution in [3.05, 3.63) is 84.4 Å². The minimum absolute atomic E-state index is 0.00305. The van der Waals surface area contributed by atoms with Crippen LogP contribution in [0.5, 0.6) is 0 Å². The van der Waals surface area contributed by atoms with Gasteiger partial charge in [0.05, 0.1) is 44.2 Å². The van der Waals surface area contributed by atoms with E-state index in [0.717, 1.165) is 12.8 Å². The predicted octanol–water partition coefficient (Wildman–Crippen LogP) is 9.23. The summed E-state index contributed by atoms with van der Waals surface area (Å²) in [5.41, 5.74) is 3.87. The molecule has 6 heteroatoms. The fourth-order valence-corrected chi connectivity index (χ4v) is 13.1. The minimum atomic E-state index is -2.12. The summed E-state index contributed by atoms with van der Waals surface area (Å²) in [4.78, 5) is 0. The molecule has 1 spiro atoms. The molecule has 2 fully saturated rings. The van der Waals surface area contributed by atoms with Crippen molar-refractivity contribution in [1.29, 1.82) is 0 Å². The van der Waals surface area contributed by atoms with Gasteiger partial charge in [0.25, 0.3) is 0 Å². The lowest BCUT2D eigenvalue weighted by Gasteiger charge is -2.53. The van der Waals surface area contributed by atoms with E-state index in [1.54, 1.807) is 0 Å². The van der Waals surface area contributed by atoms with Crippen molar-refractivity contribution in [3.63, 3.8) is 0 Å². The summed E-state index contributed by atoms with van der Waals surface area (Å²) >= 11 is 0. The molecule has 0 bridgehead atoms. The van der Waals surface area contributed by atoms with Crippen molar-refractivity contribution >= 4 is 8.32 Å². The highest BCUT2D eigenvalue weighted by Gasteiger charge is 2.53. The van der Waals surface area contributed by atoms with Crippen LogP contribution in [-0.2, 0) is 36.6 Å². The smallest absolute Gasteiger partial charge is 0.200 e. The van der Waals surface area contributed by atoms with Crippen LogP contribution in [0.3, 0.4) is 0 Å². The van der Waals surface area contributed by atoms with Crippen molar-refractivity contribution in [2.45, 2.75) is 134 Å². The predicted molar refractivity (Wildman–Crippen MR) is 177 cm³/mol. The summed E-state index contributed by atoms with van der Waals surface area (Å²) in [5, 5.41) is 0. The summed E-state index contributed by atoms with van der Waals surface area (Å²) < 4.78 is 34.0. The highest BCUT2D eigenvalue weighted by atomic mass is 28.4. The fraction of sp³-hybridized carbons (Fsp3) is 0.622. The van der Waals surface area contributed by atoms with Gasteiger partial charge in [-0.05, 0) is 34.2 Å². The van der Waals surface area contributed by atoms with E-state index in [0.29, 0.717) is 49.3 Å². The maximum absolute atomic E-state index is 7.45. The highest BCUT2D eigenvalue weighted by Crippen LogP contribution is 2.48. The average Bonchev–Trinajstić information content (AvgIpc) is 2.98. The third-order valence-corrected chi connectivity index (χ3v) is 15.8. The number of ether oxygens (including phenoxy) is 4. The molecular weight excluding hydrogens is 552 g/mol. The fourth-order valence-electron chi connectivity index (χ4n) is 7.57. The molecule has 2 saturated heterocycles. The second-order valence-corrected chi connectivity index (χ2v) is 19.2. The van der Waals surface area contributed by atoms with Crippen LogP contribution < -0.4 is 0 Å². The lowest BCUT2D eigenvalue weighted by atomic mass is 9.86. The van der Waals surface area contributed by atoms with Gasteiger partial charge in [-0.1, -0.05) is 115 Å².